The molecule has 0 bridgehead atoms. The summed E-state index contributed by atoms with van der Waals surface area (Å²) >= 11 is 0. The average molecular weight is 555 g/mol. The molecule has 0 fully saturated rings. The van der Waals surface area contributed by atoms with Crippen LogP contribution in [-0.4, -0.2) is 0 Å². The van der Waals surface area contributed by atoms with Crippen LogP contribution >= 0.6 is 0 Å². The van der Waals surface area contributed by atoms with E-state index < -0.39 is 0 Å². The van der Waals surface area contributed by atoms with E-state index in [4.69, 9.17) is 0 Å². The van der Waals surface area contributed by atoms with Crippen molar-refractivity contribution in [1.29, 1.82) is 0 Å². The number of fused-ring (bicyclic) bond motifs is 16. The van der Waals surface area contributed by atoms with E-state index >= 15 is 0 Å². The van der Waals surface area contributed by atoms with E-state index in [-0.39, 0.29) is 0 Å². The number of hydrogen-bond acceptors (Lipinski definition) is 0. The van der Waals surface area contributed by atoms with Gasteiger partial charge in [0.15, 0.2) is 0 Å². The summed E-state index contributed by atoms with van der Waals surface area (Å²) in [6.45, 7) is 0. The van der Waals surface area contributed by atoms with E-state index in [2.05, 4.69) is 158 Å². The highest BCUT2D eigenvalue weighted by molar-refractivity contribution is 6.39. The molecule has 0 spiro atoms. The molecule has 202 valence electrons. The monoisotopic (exact) mass is 554 g/mol. The van der Waals surface area contributed by atoms with Crippen LogP contribution in [0.4, 0.5) is 0 Å². The fraction of sp³-hybridized carbons (Fsp3) is 0. The average Bonchev–Trinajstić information content (AvgIpc) is 3.10. The zero-order valence-electron chi connectivity index (χ0n) is 24.0. The molecular weight excluding hydrogens is 528 g/mol. The van der Waals surface area contributed by atoms with Crippen molar-refractivity contribution in [1.82, 2.24) is 0 Å². The highest BCUT2D eigenvalue weighted by Crippen LogP contribution is 2.45. The summed E-state index contributed by atoms with van der Waals surface area (Å²) in [5, 5.41) is 20.9. The molecule has 0 heteroatoms. The molecule has 0 radical (unpaired) electrons. The van der Waals surface area contributed by atoms with Crippen LogP contribution in [0.25, 0.3) is 97.3 Å². The quantitative estimate of drug-likeness (QED) is 0.177. The molecular formula is C44H26. The van der Waals surface area contributed by atoms with E-state index in [1.165, 1.54) is 97.3 Å². The Morgan fingerprint density at radius 1 is 0.227 bits per heavy atom. The Hall–Kier alpha value is -5.72. The van der Waals surface area contributed by atoms with Gasteiger partial charge in [0, 0.05) is 0 Å². The SMILES string of the molecule is c1ccc2c(c1)ccc1c3ccccc3c(-c3ccc4c5ccccc5c5c6ccccc6c6ccccc6c5c4c3)cc21. The van der Waals surface area contributed by atoms with Gasteiger partial charge in [0.25, 0.3) is 0 Å². The van der Waals surface area contributed by atoms with Gasteiger partial charge in [-0.2, -0.15) is 0 Å². The molecule has 0 amide bonds. The van der Waals surface area contributed by atoms with Crippen LogP contribution in [0.3, 0.4) is 0 Å². The van der Waals surface area contributed by atoms with Crippen molar-refractivity contribution >= 4 is 86.2 Å². The number of rotatable bonds is 1. The van der Waals surface area contributed by atoms with Crippen molar-refractivity contribution in [3.63, 3.8) is 0 Å². The molecule has 0 saturated heterocycles. The highest BCUT2D eigenvalue weighted by atomic mass is 14.2. The predicted molar refractivity (Wildman–Crippen MR) is 192 cm³/mol. The van der Waals surface area contributed by atoms with Crippen LogP contribution in [0, 0.1) is 0 Å². The molecule has 0 atom stereocenters. The van der Waals surface area contributed by atoms with Crippen molar-refractivity contribution in [3.05, 3.63) is 158 Å². The Balaban J connectivity index is 1.42. The molecule has 10 rings (SSSR count). The molecule has 0 unspecified atom stereocenters. The zero-order valence-corrected chi connectivity index (χ0v) is 24.0. The molecule has 0 aromatic heterocycles. The summed E-state index contributed by atoms with van der Waals surface area (Å²) in [6, 6.07) is 58.6. The second-order valence-electron chi connectivity index (χ2n) is 12.0. The maximum absolute atomic E-state index is 2.46. The Morgan fingerprint density at radius 2 is 0.636 bits per heavy atom. The lowest BCUT2D eigenvalue weighted by atomic mass is 9.85. The van der Waals surface area contributed by atoms with Crippen molar-refractivity contribution in [2.24, 2.45) is 0 Å². The van der Waals surface area contributed by atoms with Gasteiger partial charge in [-0.15, -0.1) is 0 Å². The first-order chi connectivity index (χ1) is 21.8. The number of benzene rings is 10. The highest BCUT2D eigenvalue weighted by Gasteiger charge is 2.17. The second kappa shape index (κ2) is 8.89. The molecule has 10 aromatic carbocycles. The largest absolute Gasteiger partial charge is 0.0616 e. The molecule has 0 nitrogen and oxygen atoms in total. The topological polar surface area (TPSA) is 0 Å². The zero-order chi connectivity index (χ0) is 28.8. The van der Waals surface area contributed by atoms with E-state index in [9.17, 15) is 0 Å². The van der Waals surface area contributed by atoms with Gasteiger partial charge in [0.05, 0.1) is 0 Å². The van der Waals surface area contributed by atoms with Gasteiger partial charge in [-0.05, 0) is 109 Å². The smallest absolute Gasteiger partial charge is 0.00137 e. The van der Waals surface area contributed by atoms with Gasteiger partial charge < -0.3 is 0 Å². The molecule has 0 aliphatic heterocycles. The normalized spacial score (nSPS) is 12.1. The third-order valence-electron chi connectivity index (χ3n) is 9.79. The lowest BCUT2D eigenvalue weighted by Crippen LogP contribution is -1.90. The molecule has 0 aliphatic carbocycles. The predicted octanol–water partition coefficient (Wildman–Crippen LogP) is 12.6. The number of hydrogen-bond donors (Lipinski definition) is 0. The maximum Gasteiger partial charge on any atom is -0.00137 e. The molecule has 0 heterocycles. The Morgan fingerprint density at radius 3 is 1.25 bits per heavy atom. The minimum atomic E-state index is 1.25. The molecule has 0 N–H and O–H groups in total. The van der Waals surface area contributed by atoms with Crippen LogP contribution < -0.4 is 0 Å². The first kappa shape index (κ1) is 23.8. The van der Waals surface area contributed by atoms with Crippen LogP contribution in [0.5, 0.6) is 0 Å². The van der Waals surface area contributed by atoms with Crippen LogP contribution in [0.1, 0.15) is 0 Å². The second-order valence-corrected chi connectivity index (χ2v) is 12.0. The minimum Gasteiger partial charge on any atom is -0.0616 e. The van der Waals surface area contributed by atoms with E-state index in [1.807, 2.05) is 0 Å². The van der Waals surface area contributed by atoms with E-state index in [0.717, 1.165) is 0 Å². The first-order valence-corrected chi connectivity index (χ1v) is 15.4. The van der Waals surface area contributed by atoms with Crippen molar-refractivity contribution in [3.8, 4) is 11.1 Å². The summed E-state index contributed by atoms with van der Waals surface area (Å²) in [7, 11) is 0. The van der Waals surface area contributed by atoms with Crippen LogP contribution in [0.15, 0.2) is 158 Å². The van der Waals surface area contributed by atoms with Crippen LogP contribution in [0.2, 0.25) is 0 Å². The van der Waals surface area contributed by atoms with Crippen molar-refractivity contribution < 1.29 is 0 Å². The fourth-order valence-corrected chi connectivity index (χ4v) is 7.89. The van der Waals surface area contributed by atoms with E-state index in [0.29, 0.717) is 0 Å². The van der Waals surface area contributed by atoms with Crippen molar-refractivity contribution in [2.75, 3.05) is 0 Å². The standard InChI is InChI=1S/C44H26/c1-2-12-29-27(11-1)21-23-35-30-13-3-4-17-34(30)40(26-41(29)35)28-22-24-36-33-16-7-9-19-38(33)43-37-18-8-5-14-31(37)32-15-6-10-20-39(32)44(43)42(36)25-28/h1-26H. The fourth-order valence-electron chi connectivity index (χ4n) is 7.89. The molecule has 0 aliphatic rings. The summed E-state index contributed by atoms with van der Waals surface area (Å²) in [5.41, 5.74) is 2.52. The van der Waals surface area contributed by atoms with Crippen LogP contribution in [-0.2, 0) is 0 Å². The lowest BCUT2D eigenvalue weighted by Gasteiger charge is -2.18. The molecule has 0 saturated carbocycles. The Bertz CT molecular complexity index is 2800. The summed E-state index contributed by atoms with van der Waals surface area (Å²) in [5.74, 6) is 0. The third-order valence-corrected chi connectivity index (χ3v) is 9.79. The Labute approximate surface area is 254 Å². The third kappa shape index (κ3) is 3.17. The van der Waals surface area contributed by atoms with Crippen molar-refractivity contribution in [2.45, 2.75) is 0 Å². The molecule has 44 heavy (non-hydrogen) atoms. The summed E-state index contributed by atoms with van der Waals surface area (Å²) in [4.78, 5) is 0. The first-order valence-electron chi connectivity index (χ1n) is 15.4. The van der Waals surface area contributed by atoms with Gasteiger partial charge in [-0.1, -0.05) is 146 Å². The maximum atomic E-state index is 2.46. The Kier molecular flexibility index (Phi) is 4.81. The minimum absolute atomic E-state index is 1.25. The van der Waals surface area contributed by atoms with Gasteiger partial charge in [0.2, 0.25) is 0 Å². The summed E-state index contributed by atoms with van der Waals surface area (Å²) < 4.78 is 0. The van der Waals surface area contributed by atoms with Gasteiger partial charge in [-0.3, -0.25) is 0 Å². The van der Waals surface area contributed by atoms with Gasteiger partial charge in [-0.25, -0.2) is 0 Å². The van der Waals surface area contributed by atoms with Gasteiger partial charge in [0.1, 0.15) is 0 Å². The molecule has 10 aromatic rings. The lowest BCUT2D eigenvalue weighted by molar-refractivity contribution is 1.72. The van der Waals surface area contributed by atoms with Gasteiger partial charge >= 0.3 is 0 Å². The van der Waals surface area contributed by atoms with E-state index in [1.54, 1.807) is 0 Å². The summed E-state index contributed by atoms with van der Waals surface area (Å²) in [6.07, 6.45) is 0.